The van der Waals surface area contributed by atoms with Gasteiger partial charge in [0.15, 0.2) is 0 Å². The molecule has 10 aromatic rings. The number of rotatable bonds is 3. The van der Waals surface area contributed by atoms with Crippen LogP contribution in [0, 0.1) is 22.7 Å². The lowest BCUT2D eigenvalue weighted by Gasteiger charge is -2.18. The number of hydrogen-bond acceptors (Lipinski definition) is 3. The topological polar surface area (TPSA) is 70.6 Å². The minimum atomic E-state index is 0.612. The van der Waals surface area contributed by atoms with Crippen molar-refractivity contribution in [2.45, 2.75) is 0 Å². The Morgan fingerprint density at radius 2 is 0.939 bits per heavy atom. The maximum absolute atomic E-state index is 9.94. The number of benzene rings is 7. The normalized spacial score (nSPS) is 11.6. The van der Waals surface area contributed by atoms with Crippen LogP contribution in [0.15, 0.2) is 150 Å². The smallest absolute Gasteiger partial charge is 0.136 e. The van der Waals surface area contributed by atoms with Crippen LogP contribution < -0.4 is 0 Å². The summed E-state index contributed by atoms with van der Waals surface area (Å²) in [5.74, 6) is 0. The second kappa shape index (κ2) is 10.2. The van der Waals surface area contributed by atoms with Crippen molar-refractivity contribution in [3.8, 4) is 34.6 Å². The van der Waals surface area contributed by atoms with Gasteiger partial charge >= 0.3 is 0 Å². The summed E-state index contributed by atoms with van der Waals surface area (Å²) < 4.78 is 11.0. The fourth-order valence-electron chi connectivity index (χ4n) is 7.75. The molecule has 0 aliphatic rings. The molecule has 226 valence electrons. The standard InChI is InChI=1S/C44H24N4O/c45-25-27-17-19-38-33(23-27)31-11-3-7-15-37(31)47(38)35-13-5-1-9-29(35)30-10-2-6-14-36(30)48-39-20-18-28(26-46)24-34(39)43-40(48)21-22-42-44(43)32-12-4-8-16-41(32)49-42/h1-24H. The molecule has 5 heteroatoms. The van der Waals surface area contributed by atoms with Crippen LogP contribution in [0.2, 0.25) is 0 Å². The summed E-state index contributed by atoms with van der Waals surface area (Å²) in [6.07, 6.45) is 0. The highest BCUT2D eigenvalue weighted by molar-refractivity contribution is 6.27. The summed E-state index contributed by atoms with van der Waals surface area (Å²) >= 11 is 0. The zero-order valence-electron chi connectivity index (χ0n) is 26.1. The van der Waals surface area contributed by atoms with Gasteiger partial charge in [0.2, 0.25) is 0 Å². The largest absolute Gasteiger partial charge is 0.456 e. The molecule has 0 radical (unpaired) electrons. The Kier molecular flexibility index (Phi) is 5.64. The van der Waals surface area contributed by atoms with Gasteiger partial charge in [0.25, 0.3) is 0 Å². The Hall–Kier alpha value is -7.08. The lowest BCUT2D eigenvalue weighted by Crippen LogP contribution is -2.01. The molecule has 0 unspecified atom stereocenters. The third-order valence-electron chi connectivity index (χ3n) is 9.78. The van der Waals surface area contributed by atoms with Crippen molar-refractivity contribution in [1.82, 2.24) is 9.13 Å². The molecule has 0 N–H and O–H groups in total. The zero-order chi connectivity index (χ0) is 32.6. The highest BCUT2D eigenvalue weighted by Crippen LogP contribution is 2.44. The van der Waals surface area contributed by atoms with E-state index in [0.717, 1.165) is 88.1 Å². The SMILES string of the molecule is N#Cc1ccc2c(c1)c1ccccc1n2-c1ccccc1-c1ccccc1-n1c2ccc(C#N)cc2c2c3c(ccc21)oc1ccccc13. The first kappa shape index (κ1) is 27.1. The van der Waals surface area contributed by atoms with Gasteiger partial charge < -0.3 is 13.6 Å². The molecule has 0 bridgehead atoms. The third kappa shape index (κ3) is 3.79. The van der Waals surface area contributed by atoms with Gasteiger partial charge in [-0.25, -0.2) is 0 Å². The minimum absolute atomic E-state index is 0.612. The van der Waals surface area contributed by atoms with Gasteiger partial charge in [-0.05, 0) is 72.8 Å². The molecule has 3 aromatic heterocycles. The second-order valence-electron chi connectivity index (χ2n) is 12.3. The first-order chi connectivity index (χ1) is 24.2. The van der Waals surface area contributed by atoms with Crippen molar-refractivity contribution in [3.63, 3.8) is 0 Å². The van der Waals surface area contributed by atoms with Crippen LogP contribution in [0.1, 0.15) is 11.1 Å². The van der Waals surface area contributed by atoms with E-state index < -0.39 is 0 Å². The monoisotopic (exact) mass is 624 g/mol. The molecular formula is C44H24N4O. The Balaban J connectivity index is 1.31. The van der Waals surface area contributed by atoms with E-state index >= 15 is 0 Å². The fraction of sp³-hybridized carbons (Fsp3) is 0. The quantitative estimate of drug-likeness (QED) is 0.196. The Bertz CT molecular complexity index is 3090. The van der Waals surface area contributed by atoms with Crippen molar-refractivity contribution < 1.29 is 4.42 Å². The van der Waals surface area contributed by atoms with Gasteiger partial charge in [0.1, 0.15) is 11.2 Å². The highest BCUT2D eigenvalue weighted by atomic mass is 16.3. The number of hydrogen-bond donors (Lipinski definition) is 0. The van der Waals surface area contributed by atoms with E-state index in [2.05, 4.69) is 118 Å². The van der Waals surface area contributed by atoms with E-state index in [1.807, 2.05) is 48.5 Å². The van der Waals surface area contributed by atoms with E-state index in [4.69, 9.17) is 4.42 Å². The summed E-state index contributed by atoms with van der Waals surface area (Å²) in [6, 6.07) is 54.3. The van der Waals surface area contributed by atoms with Crippen molar-refractivity contribution in [1.29, 1.82) is 10.5 Å². The van der Waals surface area contributed by atoms with Crippen LogP contribution in [0.3, 0.4) is 0 Å². The molecule has 5 nitrogen and oxygen atoms in total. The first-order valence-electron chi connectivity index (χ1n) is 16.1. The lowest BCUT2D eigenvalue weighted by atomic mass is 10.0. The molecule has 0 fully saturated rings. The van der Waals surface area contributed by atoms with E-state index in [1.165, 1.54) is 0 Å². The maximum Gasteiger partial charge on any atom is 0.136 e. The van der Waals surface area contributed by atoms with Crippen molar-refractivity contribution in [2.24, 2.45) is 0 Å². The van der Waals surface area contributed by atoms with Gasteiger partial charge in [-0.1, -0.05) is 72.8 Å². The van der Waals surface area contributed by atoms with E-state index in [0.29, 0.717) is 11.1 Å². The molecule has 0 spiro atoms. The second-order valence-corrected chi connectivity index (χ2v) is 12.3. The average molecular weight is 625 g/mol. The minimum Gasteiger partial charge on any atom is -0.456 e. The van der Waals surface area contributed by atoms with Crippen LogP contribution in [-0.4, -0.2) is 9.13 Å². The Labute approximate surface area is 280 Å². The predicted molar refractivity (Wildman–Crippen MR) is 197 cm³/mol. The fourth-order valence-corrected chi connectivity index (χ4v) is 7.75. The molecule has 0 saturated heterocycles. The molecule has 0 aliphatic carbocycles. The van der Waals surface area contributed by atoms with E-state index in [1.54, 1.807) is 0 Å². The summed E-state index contributed by atoms with van der Waals surface area (Å²) in [5.41, 5.74) is 11.3. The number of nitrogens with zero attached hydrogens (tertiary/aromatic N) is 4. The molecule has 7 aromatic carbocycles. The number of furan rings is 1. The van der Waals surface area contributed by atoms with Crippen LogP contribution in [0.25, 0.3) is 88.1 Å². The Morgan fingerprint density at radius 1 is 0.408 bits per heavy atom. The molecular weight excluding hydrogens is 601 g/mol. The van der Waals surface area contributed by atoms with Crippen molar-refractivity contribution >= 4 is 65.6 Å². The molecule has 49 heavy (non-hydrogen) atoms. The van der Waals surface area contributed by atoms with Crippen LogP contribution >= 0.6 is 0 Å². The summed E-state index contributed by atoms with van der Waals surface area (Å²) in [5, 5.41) is 26.0. The van der Waals surface area contributed by atoms with E-state index in [9.17, 15) is 10.5 Å². The number of fused-ring (bicyclic) bond motifs is 10. The highest BCUT2D eigenvalue weighted by Gasteiger charge is 2.22. The molecule has 10 rings (SSSR count). The summed E-state index contributed by atoms with van der Waals surface area (Å²) in [6.45, 7) is 0. The zero-order valence-corrected chi connectivity index (χ0v) is 26.1. The van der Waals surface area contributed by atoms with Gasteiger partial charge in [0.05, 0.1) is 56.7 Å². The van der Waals surface area contributed by atoms with Gasteiger partial charge in [-0.15, -0.1) is 0 Å². The first-order valence-corrected chi connectivity index (χ1v) is 16.1. The average Bonchev–Trinajstić information content (AvgIpc) is 3.81. The number of aromatic nitrogens is 2. The molecule has 3 heterocycles. The number of nitriles is 2. The third-order valence-corrected chi connectivity index (χ3v) is 9.78. The van der Waals surface area contributed by atoms with Crippen LogP contribution in [-0.2, 0) is 0 Å². The molecule has 0 atom stereocenters. The molecule has 0 saturated carbocycles. The van der Waals surface area contributed by atoms with E-state index in [-0.39, 0.29) is 0 Å². The molecule has 0 amide bonds. The predicted octanol–water partition coefficient (Wildman–Crippen LogP) is 11.2. The lowest BCUT2D eigenvalue weighted by molar-refractivity contribution is 0.669. The number of para-hydroxylation sites is 4. The van der Waals surface area contributed by atoms with Gasteiger partial charge in [-0.3, -0.25) is 0 Å². The van der Waals surface area contributed by atoms with Gasteiger partial charge in [0, 0.05) is 43.4 Å². The van der Waals surface area contributed by atoms with Gasteiger partial charge in [-0.2, -0.15) is 10.5 Å². The summed E-state index contributed by atoms with van der Waals surface area (Å²) in [7, 11) is 0. The Morgan fingerprint density at radius 3 is 1.65 bits per heavy atom. The van der Waals surface area contributed by atoms with Crippen LogP contribution in [0.4, 0.5) is 0 Å². The molecule has 0 aliphatic heterocycles. The van der Waals surface area contributed by atoms with Crippen LogP contribution in [0.5, 0.6) is 0 Å². The summed E-state index contributed by atoms with van der Waals surface area (Å²) in [4.78, 5) is 0. The van der Waals surface area contributed by atoms with Crippen molar-refractivity contribution in [2.75, 3.05) is 0 Å². The van der Waals surface area contributed by atoms with Crippen molar-refractivity contribution in [3.05, 3.63) is 157 Å². The maximum atomic E-state index is 9.94.